The first-order valence-corrected chi connectivity index (χ1v) is 11.5. The normalized spacial score (nSPS) is 10.8. The van der Waals surface area contributed by atoms with E-state index in [0.29, 0.717) is 23.0 Å². The van der Waals surface area contributed by atoms with Gasteiger partial charge in [-0.05, 0) is 57.5 Å². The molecule has 2 heterocycles. The highest BCUT2D eigenvalue weighted by molar-refractivity contribution is 7.99. The van der Waals surface area contributed by atoms with E-state index in [1.165, 1.54) is 22.2 Å². The number of carbonyl (C=O) groups is 2. The molecule has 0 atom stereocenters. The van der Waals surface area contributed by atoms with E-state index in [0.717, 1.165) is 17.9 Å². The maximum absolute atomic E-state index is 12.4. The van der Waals surface area contributed by atoms with E-state index >= 15 is 0 Å². The summed E-state index contributed by atoms with van der Waals surface area (Å²) >= 11 is 3.05. The Hall–Kier alpha value is -2.65. The number of thiophene rings is 1. The summed E-state index contributed by atoms with van der Waals surface area (Å²) in [7, 11) is 0. The number of aryl methyl sites for hydroxylation is 1. The number of esters is 1. The molecule has 7 nitrogen and oxygen atoms in total. The Kier molecular flexibility index (Phi) is 7.28. The molecule has 1 N–H and O–H groups in total. The minimum Gasteiger partial charge on any atom is -0.462 e. The second kappa shape index (κ2) is 9.90. The minimum absolute atomic E-state index is 0.154. The Morgan fingerprint density at radius 1 is 1.17 bits per heavy atom. The van der Waals surface area contributed by atoms with Crippen molar-refractivity contribution >= 4 is 40.7 Å². The smallest absolute Gasteiger partial charge is 0.338 e. The molecular weight excluding hydrogens is 420 g/mol. The summed E-state index contributed by atoms with van der Waals surface area (Å²) in [6.07, 6.45) is 0. The molecule has 0 unspecified atom stereocenters. The first-order valence-electron chi connectivity index (χ1n) is 9.62. The average molecular weight is 445 g/mol. The third kappa shape index (κ3) is 4.91. The minimum atomic E-state index is -0.378. The van der Waals surface area contributed by atoms with Crippen molar-refractivity contribution in [2.75, 3.05) is 17.7 Å². The Morgan fingerprint density at radius 3 is 2.50 bits per heavy atom. The summed E-state index contributed by atoms with van der Waals surface area (Å²) in [5.41, 5.74) is 3.37. The van der Waals surface area contributed by atoms with Crippen molar-refractivity contribution in [1.82, 2.24) is 14.8 Å². The Labute approximate surface area is 183 Å². The maximum atomic E-state index is 12.4. The van der Waals surface area contributed by atoms with Crippen molar-refractivity contribution in [2.45, 2.75) is 39.4 Å². The zero-order valence-electron chi connectivity index (χ0n) is 17.4. The fourth-order valence-electron chi connectivity index (χ4n) is 2.85. The number of benzene rings is 1. The number of carbonyl (C=O) groups excluding carboxylic acids is 2. The predicted octanol–water partition coefficient (Wildman–Crippen LogP) is 4.55. The second-order valence-electron chi connectivity index (χ2n) is 6.52. The molecule has 3 aromatic rings. The Bertz CT molecular complexity index is 1040. The van der Waals surface area contributed by atoms with Crippen LogP contribution < -0.4 is 5.32 Å². The van der Waals surface area contributed by atoms with Crippen molar-refractivity contribution < 1.29 is 14.3 Å². The second-order valence-corrected chi connectivity index (χ2v) is 8.54. The third-order valence-corrected chi connectivity index (χ3v) is 6.55. The molecule has 0 aliphatic rings. The van der Waals surface area contributed by atoms with Crippen LogP contribution >= 0.6 is 23.1 Å². The summed E-state index contributed by atoms with van der Waals surface area (Å²) in [5, 5.41) is 14.3. The van der Waals surface area contributed by atoms with Crippen molar-refractivity contribution in [1.29, 1.82) is 0 Å². The number of thioether (sulfide) groups is 1. The molecule has 30 heavy (non-hydrogen) atoms. The summed E-state index contributed by atoms with van der Waals surface area (Å²) in [5.74, 6) is 0.506. The van der Waals surface area contributed by atoms with Gasteiger partial charge in [-0.1, -0.05) is 11.8 Å². The van der Waals surface area contributed by atoms with Crippen LogP contribution in [0.5, 0.6) is 0 Å². The lowest BCUT2D eigenvalue weighted by molar-refractivity contribution is -0.113. The van der Waals surface area contributed by atoms with E-state index in [9.17, 15) is 9.59 Å². The zero-order valence-corrected chi connectivity index (χ0v) is 19.0. The van der Waals surface area contributed by atoms with Gasteiger partial charge in [0.2, 0.25) is 5.91 Å². The molecule has 0 radical (unpaired) electrons. The highest BCUT2D eigenvalue weighted by Crippen LogP contribution is 2.31. The van der Waals surface area contributed by atoms with Crippen LogP contribution in [0.3, 0.4) is 0 Å². The van der Waals surface area contributed by atoms with Crippen molar-refractivity contribution in [3.05, 3.63) is 45.6 Å². The van der Waals surface area contributed by atoms with Gasteiger partial charge in [-0.2, -0.15) is 0 Å². The number of nitrogens with zero attached hydrogens (tertiary/aromatic N) is 3. The summed E-state index contributed by atoms with van der Waals surface area (Å²) in [6, 6.07) is 6.63. The number of rotatable bonds is 8. The number of hydrogen-bond acceptors (Lipinski definition) is 7. The Morgan fingerprint density at radius 2 is 1.90 bits per heavy atom. The van der Waals surface area contributed by atoms with Gasteiger partial charge in [0.15, 0.2) is 11.0 Å². The fraction of sp³-hybridized carbons (Fsp3) is 0.333. The predicted molar refractivity (Wildman–Crippen MR) is 120 cm³/mol. The molecule has 1 aromatic carbocycles. The molecule has 0 saturated heterocycles. The van der Waals surface area contributed by atoms with E-state index in [4.69, 9.17) is 4.74 Å². The lowest BCUT2D eigenvalue weighted by atomic mass is 10.1. The highest BCUT2D eigenvalue weighted by Gasteiger charge is 2.17. The van der Waals surface area contributed by atoms with Gasteiger partial charge in [0, 0.05) is 28.1 Å². The molecule has 0 spiro atoms. The van der Waals surface area contributed by atoms with Crippen LogP contribution in [0, 0.1) is 13.8 Å². The zero-order chi connectivity index (χ0) is 21.7. The van der Waals surface area contributed by atoms with Crippen molar-refractivity contribution in [3.8, 4) is 11.4 Å². The van der Waals surface area contributed by atoms with Crippen LogP contribution in [0.1, 0.15) is 34.6 Å². The topological polar surface area (TPSA) is 86.1 Å². The number of amides is 1. The molecule has 9 heteroatoms. The van der Waals surface area contributed by atoms with E-state index in [1.54, 1.807) is 42.5 Å². The van der Waals surface area contributed by atoms with Crippen LogP contribution in [0.2, 0.25) is 0 Å². The van der Waals surface area contributed by atoms with E-state index in [1.807, 2.05) is 11.5 Å². The number of anilines is 1. The summed E-state index contributed by atoms with van der Waals surface area (Å²) in [4.78, 5) is 25.3. The van der Waals surface area contributed by atoms with Gasteiger partial charge in [0.05, 0.1) is 17.9 Å². The molecule has 0 saturated carbocycles. The van der Waals surface area contributed by atoms with E-state index in [2.05, 4.69) is 34.7 Å². The number of aromatic nitrogens is 3. The van der Waals surface area contributed by atoms with Gasteiger partial charge in [-0.15, -0.1) is 21.5 Å². The number of ether oxygens (including phenoxy) is 1. The number of nitrogens with one attached hydrogen (secondary N) is 1. The van der Waals surface area contributed by atoms with Gasteiger partial charge in [0.1, 0.15) is 0 Å². The van der Waals surface area contributed by atoms with Gasteiger partial charge in [-0.25, -0.2) is 4.79 Å². The molecule has 0 bridgehead atoms. The van der Waals surface area contributed by atoms with E-state index in [-0.39, 0.29) is 17.6 Å². The molecule has 0 aliphatic heterocycles. The van der Waals surface area contributed by atoms with Crippen LogP contribution in [0.15, 0.2) is 34.8 Å². The quantitative estimate of drug-likeness (QED) is 0.405. The van der Waals surface area contributed by atoms with Crippen LogP contribution in [0.4, 0.5) is 5.69 Å². The van der Waals surface area contributed by atoms with Crippen LogP contribution in [-0.2, 0) is 16.1 Å². The molecule has 2 aromatic heterocycles. The fourth-order valence-corrected chi connectivity index (χ4v) is 4.51. The first-order chi connectivity index (χ1) is 14.4. The molecule has 158 valence electrons. The highest BCUT2D eigenvalue weighted by atomic mass is 32.2. The molecule has 0 aliphatic carbocycles. The van der Waals surface area contributed by atoms with Crippen molar-refractivity contribution in [3.63, 3.8) is 0 Å². The van der Waals surface area contributed by atoms with E-state index < -0.39 is 0 Å². The van der Waals surface area contributed by atoms with Gasteiger partial charge >= 0.3 is 5.97 Å². The number of hydrogen-bond donors (Lipinski definition) is 1. The van der Waals surface area contributed by atoms with Gasteiger partial charge < -0.3 is 14.6 Å². The van der Waals surface area contributed by atoms with Crippen molar-refractivity contribution in [2.24, 2.45) is 0 Å². The van der Waals surface area contributed by atoms with Crippen LogP contribution in [0.25, 0.3) is 11.4 Å². The maximum Gasteiger partial charge on any atom is 0.338 e. The lowest BCUT2D eigenvalue weighted by Crippen LogP contribution is -2.15. The molecule has 3 rings (SSSR count). The first kappa shape index (κ1) is 22.0. The monoisotopic (exact) mass is 444 g/mol. The van der Waals surface area contributed by atoms with Crippen LogP contribution in [-0.4, -0.2) is 39.0 Å². The Balaban J connectivity index is 1.62. The largest absolute Gasteiger partial charge is 0.462 e. The molecular formula is C21H24N4O3S2. The van der Waals surface area contributed by atoms with Gasteiger partial charge in [-0.3, -0.25) is 4.79 Å². The third-order valence-electron chi connectivity index (χ3n) is 4.57. The SMILES string of the molecule is CCOC(=O)c1ccc(NC(=O)CSc2nnc(-c3csc(C)c3C)n2CC)cc1. The lowest BCUT2D eigenvalue weighted by Gasteiger charge is -2.08. The summed E-state index contributed by atoms with van der Waals surface area (Å²) < 4.78 is 6.99. The molecule has 0 fully saturated rings. The average Bonchev–Trinajstić information content (AvgIpc) is 3.29. The standard InChI is InChI=1S/C21H24N4O3S2/c1-5-25-19(17-11-29-14(4)13(17)3)23-24-21(25)30-12-18(26)22-16-9-7-15(8-10-16)20(27)28-6-2/h7-11H,5-6,12H2,1-4H3,(H,22,26). The van der Waals surface area contributed by atoms with Gasteiger partial charge in [0.25, 0.3) is 0 Å². The molecule has 1 amide bonds. The summed E-state index contributed by atoms with van der Waals surface area (Å²) in [6.45, 7) is 9.02.